The summed E-state index contributed by atoms with van der Waals surface area (Å²) in [7, 11) is -3.57. The van der Waals surface area contributed by atoms with Gasteiger partial charge in [0.2, 0.25) is 15.9 Å². The molecule has 0 aromatic heterocycles. The summed E-state index contributed by atoms with van der Waals surface area (Å²) in [6.07, 6.45) is 1.71. The van der Waals surface area contributed by atoms with Gasteiger partial charge in [0.15, 0.2) is 0 Å². The van der Waals surface area contributed by atoms with Crippen LogP contribution in [0, 0.1) is 0 Å². The highest BCUT2D eigenvalue weighted by atomic mass is 35.5. The fraction of sp³-hybridized carbons (Fsp3) is 0.316. The SMILES string of the molecule is O=C(CNCc1ccc(Cl)cc1)Nc1cc(S(=O)(=O)N2CCCC2)ccc1Cl. The monoisotopic (exact) mass is 441 g/mol. The van der Waals surface area contributed by atoms with E-state index in [1.807, 2.05) is 12.1 Å². The van der Waals surface area contributed by atoms with Crippen molar-refractivity contribution in [2.45, 2.75) is 24.3 Å². The molecule has 2 aromatic rings. The van der Waals surface area contributed by atoms with E-state index < -0.39 is 10.0 Å². The zero-order chi connectivity index (χ0) is 20.1. The highest BCUT2D eigenvalue weighted by molar-refractivity contribution is 7.89. The van der Waals surface area contributed by atoms with Crippen molar-refractivity contribution in [3.8, 4) is 0 Å². The van der Waals surface area contributed by atoms with Crippen LogP contribution in [0.2, 0.25) is 10.0 Å². The molecule has 0 spiro atoms. The molecule has 2 aromatic carbocycles. The molecular weight excluding hydrogens is 421 g/mol. The molecule has 150 valence electrons. The number of sulfonamides is 1. The van der Waals surface area contributed by atoms with Crippen molar-refractivity contribution in [3.63, 3.8) is 0 Å². The smallest absolute Gasteiger partial charge is 0.243 e. The number of amides is 1. The van der Waals surface area contributed by atoms with Gasteiger partial charge in [-0.15, -0.1) is 0 Å². The van der Waals surface area contributed by atoms with E-state index in [1.54, 1.807) is 12.1 Å². The van der Waals surface area contributed by atoms with Gasteiger partial charge in [-0.2, -0.15) is 4.31 Å². The molecule has 0 atom stereocenters. The molecular formula is C19H21Cl2N3O3S. The lowest BCUT2D eigenvalue weighted by molar-refractivity contribution is -0.115. The minimum atomic E-state index is -3.57. The van der Waals surface area contributed by atoms with Crippen molar-refractivity contribution >= 4 is 44.8 Å². The number of nitrogens with one attached hydrogen (secondary N) is 2. The van der Waals surface area contributed by atoms with Gasteiger partial charge >= 0.3 is 0 Å². The van der Waals surface area contributed by atoms with Crippen LogP contribution < -0.4 is 10.6 Å². The summed E-state index contributed by atoms with van der Waals surface area (Å²) in [6.45, 7) is 1.59. The number of nitrogens with zero attached hydrogens (tertiary/aromatic N) is 1. The zero-order valence-electron chi connectivity index (χ0n) is 15.1. The van der Waals surface area contributed by atoms with Gasteiger partial charge in [0, 0.05) is 24.7 Å². The van der Waals surface area contributed by atoms with Crippen molar-refractivity contribution < 1.29 is 13.2 Å². The molecule has 1 saturated heterocycles. The van der Waals surface area contributed by atoms with Gasteiger partial charge in [0.05, 0.1) is 22.2 Å². The summed E-state index contributed by atoms with van der Waals surface area (Å²) in [5.74, 6) is -0.313. The van der Waals surface area contributed by atoms with Gasteiger partial charge in [0.1, 0.15) is 0 Å². The third-order valence-electron chi connectivity index (χ3n) is 4.44. The molecule has 9 heteroatoms. The summed E-state index contributed by atoms with van der Waals surface area (Å²) in [5.41, 5.74) is 1.27. The Hall–Kier alpha value is -1.64. The largest absolute Gasteiger partial charge is 0.324 e. The highest BCUT2D eigenvalue weighted by Gasteiger charge is 2.27. The zero-order valence-corrected chi connectivity index (χ0v) is 17.4. The molecule has 1 heterocycles. The van der Waals surface area contributed by atoms with Gasteiger partial charge in [0.25, 0.3) is 0 Å². The molecule has 1 amide bonds. The Morgan fingerprint density at radius 2 is 1.71 bits per heavy atom. The van der Waals surface area contributed by atoms with Gasteiger partial charge in [-0.05, 0) is 48.7 Å². The molecule has 0 unspecified atom stereocenters. The first-order valence-electron chi connectivity index (χ1n) is 8.91. The Morgan fingerprint density at radius 3 is 2.39 bits per heavy atom. The number of benzene rings is 2. The van der Waals surface area contributed by atoms with Crippen LogP contribution in [-0.2, 0) is 21.4 Å². The lowest BCUT2D eigenvalue weighted by atomic mass is 10.2. The fourth-order valence-electron chi connectivity index (χ4n) is 2.96. The highest BCUT2D eigenvalue weighted by Crippen LogP contribution is 2.28. The molecule has 0 saturated carbocycles. The molecule has 3 rings (SSSR count). The molecule has 1 fully saturated rings. The predicted molar refractivity (Wildman–Crippen MR) is 111 cm³/mol. The number of carbonyl (C=O) groups is 1. The predicted octanol–water partition coefficient (Wildman–Crippen LogP) is 3.51. The van der Waals surface area contributed by atoms with Gasteiger partial charge in [-0.1, -0.05) is 35.3 Å². The van der Waals surface area contributed by atoms with Crippen LogP contribution in [0.4, 0.5) is 5.69 Å². The second kappa shape index (κ2) is 9.24. The van der Waals surface area contributed by atoms with Crippen molar-refractivity contribution in [1.29, 1.82) is 0 Å². The lowest BCUT2D eigenvalue weighted by Gasteiger charge is -2.17. The molecule has 2 N–H and O–H groups in total. The first kappa shape index (κ1) is 21.1. The Balaban J connectivity index is 1.61. The van der Waals surface area contributed by atoms with Crippen LogP contribution in [0.5, 0.6) is 0 Å². The average Bonchev–Trinajstić information content (AvgIpc) is 3.21. The Bertz CT molecular complexity index is 943. The molecule has 6 nitrogen and oxygen atoms in total. The minimum absolute atomic E-state index is 0.0576. The topological polar surface area (TPSA) is 78.5 Å². The van der Waals surface area contributed by atoms with Crippen LogP contribution in [-0.4, -0.2) is 38.3 Å². The number of hydrogen-bond donors (Lipinski definition) is 2. The third-order valence-corrected chi connectivity index (χ3v) is 6.92. The summed E-state index contributed by atoms with van der Waals surface area (Å²) >= 11 is 12.0. The number of carbonyl (C=O) groups excluding carboxylic acids is 1. The van der Waals surface area contributed by atoms with Gasteiger partial charge < -0.3 is 10.6 Å². The van der Waals surface area contributed by atoms with E-state index in [2.05, 4.69) is 10.6 Å². The number of anilines is 1. The summed E-state index contributed by atoms with van der Waals surface area (Å²) in [5, 5.41) is 6.63. The standard InChI is InChI=1S/C19H21Cl2N3O3S/c20-15-5-3-14(4-6-15)12-22-13-19(25)23-18-11-16(7-8-17(18)21)28(26,27)24-9-1-2-10-24/h3-8,11,22H,1-2,9-10,12-13H2,(H,23,25). The first-order chi connectivity index (χ1) is 13.4. The van der Waals surface area contributed by atoms with Crippen LogP contribution >= 0.6 is 23.2 Å². The number of rotatable bonds is 7. The Kier molecular flexibility index (Phi) is 6.95. The second-order valence-electron chi connectivity index (χ2n) is 6.53. The molecule has 0 aliphatic carbocycles. The average molecular weight is 442 g/mol. The van der Waals surface area contributed by atoms with E-state index in [4.69, 9.17) is 23.2 Å². The maximum absolute atomic E-state index is 12.7. The Labute approximate surface area is 174 Å². The lowest BCUT2D eigenvalue weighted by Crippen LogP contribution is -2.29. The van der Waals surface area contributed by atoms with Gasteiger partial charge in [-0.25, -0.2) is 8.42 Å². The summed E-state index contributed by atoms with van der Waals surface area (Å²) in [4.78, 5) is 12.3. The van der Waals surface area contributed by atoms with Crippen LogP contribution in [0.1, 0.15) is 18.4 Å². The molecule has 1 aliphatic rings. The van der Waals surface area contributed by atoms with Crippen LogP contribution in [0.25, 0.3) is 0 Å². The van der Waals surface area contributed by atoms with E-state index in [0.29, 0.717) is 24.7 Å². The quantitative estimate of drug-likeness (QED) is 0.688. The second-order valence-corrected chi connectivity index (χ2v) is 9.31. The van der Waals surface area contributed by atoms with Crippen LogP contribution in [0.3, 0.4) is 0 Å². The van der Waals surface area contributed by atoms with Crippen molar-refractivity contribution in [1.82, 2.24) is 9.62 Å². The van der Waals surface area contributed by atoms with Gasteiger partial charge in [-0.3, -0.25) is 4.79 Å². The van der Waals surface area contributed by atoms with Crippen LogP contribution in [0.15, 0.2) is 47.4 Å². The van der Waals surface area contributed by atoms with Crippen molar-refractivity contribution in [2.24, 2.45) is 0 Å². The third kappa shape index (κ3) is 5.24. The van der Waals surface area contributed by atoms with Crippen molar-refractivity contribution in [2.75, 3.05) is 25.0 Å². The normalized spacial score (nSPS) is 14.9. The number of hydrogen-bond acceptors (Lipinski definition) is 4. The maximum Gasteiger partial charge on any atom is 0.243 e. The van der Waals surface area contributed by atoms with E-state index >= 15 is 0 Å². The maximum atomic E-state index is 12.7. The van der Waals surface area contributed by atoms with E-state index in [0.717, 1.165) is 18.4 Å². The molecule has 0 bridgehead atoms. The van der Waals surface area contributed by atoms with Crippen molar-refractivity contribution in [3.05, 3.63) is 58.1 Å². The van der Waals surface area contributed by atoms with E-state index in [9.17, 15) is 13.2 Å². The fourth-order valence-corrected chi connectivity index (χ4v) is 4.79. The van der Waals surface area contributed by atoms with E-state index in [-0.39, 0.29) is 28.1 Å². The summed E-state index contributed by atoms with van der Waals surface area (Å²) < 4.78 is 26.8. The molecule has 0 radical (unpaired) electrons. The Morgan fingerprint density at radius 1 is 1.04 bits per heavy atom. The minimum Gasteiger partial charge on any atom is -0.324 e. The first-order valence-corrected chi connectivity index (χ1v) is 11.1. The summed E-state index contributed by atoms with van der Waals surface area (Å²) in [6, 6.07) is 11.7. The molecule has 28 heavy (non-hydrogen) atoms. The molecule has 1 aliphatic heterocycles. The van der Waals surface area contributed by atoms with E-state index in [1.165, 1.54) is 22.5 Å². The number of halogens is 2.